The lowest BCUT2D eigenvalue weighted by molar-refractivity contribution is -0.573. The molecule has 2 heterocycles. The summed E-state index contributed by atoms with van der Waals surface area (Å²) in [5.74, 6) is -0.660. The third-order valence-corrected chi connectivity index (χ3v) is 4.16. The SMILES string of the molecule is CO[C@H]1O[C@@H]2COC(c3ccccc3)O[C@H]2[C@H]([N+](=O)[O-])[C@H]1OC(C)=O. The number of hydrogen-bond acceptors (Lipinski definition) is 8. The molecule has 0 radical (unpaired) electrons. The maximum Gasteiger partial charge on any atom is 0.303 e. The van der Waals surface area contributed by atoms with Crippen LogP contribution in [-0.4, -0.2) is 55.3 Å². The van der Waals surface area contributed by atoms with Crippen LogP contribution in [0.15, 0.2) is 30.3 Å². The van der Waals surface area contributed by atoms with Crippen LogP contribution in [-0.2, 0) is 28.5 Å². The van der Waals surface area contributed by atoms with Crippen molar-refractivity contribution in [2.24, 2.45) is 0 Å². The molecule has 9 heteroatoms. The average molecular weight is 353 g/mol. The number of rotatable bonds is 4. The Labute approximate surface area is 143 Å². The van der Waals surface area contributed by atoms with Gasteiger partial charge in [0.05, 0.1) is 6.61 Å². The van der Waals surface area contributed by atoms with Gasteiger partial charge in [0.1, 0.15) is 6.10 Å². The topological polar surface area (TPSA) is 106 Å². The molecule has 0 saturated carbocycles. The van der Waals surface area contributed by atoms with E-state index < -0.39 is 47.8 Å². The van der Waals surface area contributed by atoms with Gasteiger partial charge in [-0.05, 0) is 0 Å². The maximum absolute atomic E-state index is 11.7. The molecule has 3 rings (SSSR count). The van der Waals surface area contributed by atoms with E-state index in [4.69, 9.17) is 23.7 Å². The first kappa shape index (κ1) is 17.7. The summed E-state index contributed by atoms with van der Waals surface area (Å²) in [6.07, 6.45) is -4.68. The van der Waals surface area contributed by atoms with E-state index in [1.165, 1.54) is 14.0 Å². The monoisotopic (exact) mass is 353 g/mol. The summed E-state index contributed by atoms with van der Waals surface area (Å²) in [4.78, 5) is 22.5. The third-order valence-electron chi connectivity index (χ3n) is 4.16. The molecule has 0 spiro atoms. The van der Waals surface area contributed by atoms with Gasteiger partial charge in [0.25, 0.3) is 6.04 Å². The number of benzene rings is 1. The fraction of sp³-hybridized carbons (Fsp3) is 0.562. The molecule has 25 heavy (non-hydrogen) atoms. The standard InChI is InChI=1S/C16H19NO8/c1-9(18)23-14-12(17(19)20)13-11(24-16(14)21-2)8-22-15(25-13)10-6-4-3-5-7-10/h3-7,11-16H,8H2,1-2H3/t11-,12+,13-,14-,15?,16+/m1/s1. The van der Waals surface area contributed by atoms with Crippen LogP contribution < -0.4 is 0 Å². The molecule has 2 aliphatic rings. The van der Waals surface area contributed by atoms with E-state index >= 15 is 0 Å². The van der Waals surface area contributed by atoms with Crippen LogP contribution in [0.3, 0.4) is 0 Å². The molecule has 2 saturated heterocycles. The highest BCUT2D eigenvalue weighted by molar-refractivity contribution is 5.66. The second-order valence-electron chi connectivity index (χ2n) is 5.81. The summed E-state index contributed by atoms with van der Waals surface area (Å²) in [6.45, 7) is 1.27. The molecule has 2 fully saturated rings. The number of methoxy groups -OCH3 is 1. The number of fused-ring (bicyclic) bond motifs is 1. The van der Waals surface area contributed by atoms with Gasteiger partial charge in [0.2, 0.25) is 12.4 Å². The first-order valence-corrected chi connectivity index (χ1v) is 7.82. The largest absolute Gasteiger partial charge is 0.450 e. The Morgan fingerprint density at radius 1 is 1.28 bits per heavy atom. The Morgan fingerprint density at radius 3 is 2.60 bits per heavy atom. The van der Waals surface area contributed by atoms with E-state index in [2.05, 4.69) is 0 Å². The van der Waals surface area contributed by atoms with E-state index in [-0.39, 0.29) is 6.61 Å². The predicted octanol–water partition coefficient (Wildman–Crippen LogP) is 1.05. The summed E-state index contributed by atoms with van der Waals surface area (Å²) in [5.41, 5.74) is 0.737. The minimum Gasteiger partial charge on any atom is -0.450 e. The van der Waals surface area contributed by atoms with Gasteiger partial charge in [-0.3, -0.25) is 14.9 Å². The van der Waals surface area contributed by atoms with Crippen molar-refractivity contribution in [1.29, 1.82) is 0 Å². The van der Waals surface area contributed by atoms with Gasteiger partial charge in [0.15, 0.2) is 12.4 Å². The minimum absolute atomic E-state index is 0.0984. The van der Waals surface area contributed by atoms with Gasteiger partial charge in [-0.1, -0.05) is 30.3 Å². The van der Waals surface area contributed by atoms with Crippen LogP contribution >= 0.6 is 0 Å². The van der Waals surface area contributed by atoms with Crippen LogP contribution in [0, 0.1) is 10.1 Å². The highest BCUT2D eigenvalue weighted by Gasteiger charge is 2.58. The van der Waals surface area contributed by atoms with Gasteiger partial charge in [0, 0.05) is 24.5 Å². The Bertz CT molecular complexity index is 624. The van der Waals surface area contributed by atoms with Gasteiger partial charge in [-0.15, -0.1) is 0 Å². The van der Waals surface area contributed by atoms with Crippen LogP contribution in [0.4, 0.5) is 0 Å². The van der Waals surface area contributed by atoms with Crippen molar-refractivity contribution in [2.45, 2.75) is 43.9 Å². The van der Waals surface area contributed by atoms with Crippen LogP contribution in [0.2, 0.25) is 0 Å². The fourth-order valence-corrected chi connectivity index (χ4v) is 3.09. The lowest BCUT2D eigenvalue weighted by Crippen LogP contribution is -2.65. The second-order valence-corrected chi connectivity index (χ2v) is 5.81. The van der Waals surface area contributed by atoms with Gasteiger partial charge in [-0.25, -0.2) is 0 Å². The van der Waals surface area contributed by atoms with E-state index in [1.54, 1.807) is 12.1 Å². The van der Waals surface area contributed by atoms with E-state index in [1.807, 2.05) is 18.2 Å². The molecule has 2 aliphatic heterocycles. The normalized spacial score (nSPS) is 34.8. The molecular weight excluding hydrogens is 334 g/mol. The van der Waals surface area contributed by atoms with Crippen molar-refractivity contribution >= 4 is 5.97 Å². The molecule has 0 aromatic heterocycles. The summed E-state index contributed by atoms with van der Waals surface area (Å²) >= 11 is 0. The minimum atomic E-state index is -1.33. The predicted molar refractivity (Wildman–Crippen MR) is 82.0 cm³/mol. The van der Waals surface area contributed by atoms with Gasteiger partial charge < -0.3 is 23.7 Å². The molecule has 0 N–H and O–H groups in total. The number of esters is 1. The van der Waals surface area contributed by atoms with Crippen molar-refractivity contribution in [2.75, 3.05) is 13.7 Å². The second kappa shape index (κ2) is 7.44. The van der Waals surface area contributed by atoms with Gasteiger partial charge in [-0.2, -0.15) is 0 Å². The van der Waals surface area contributed by atoms with Crippen molar-refractivity contribution in [3.05, 3.63) is 46.0 Å². The average Bonchev–Trinajstić information content (AvgIpc) is 2.60. The zero-order valence-electron chi connectivity index (χ0n) is 13.8. The molecular formula is C16H19NO8. The van der Waals surface area contributed by atoms with Crippen LogP contribution in [0.25, 0.3) is 0 Å². The Morgan fingerprint density at radius 2 is 2.00 bits per heavy atom. The third kappa shape index (κ3) is 3.64. The number of nitro groups is 1. The Balaban J connectivity index is 1.86. The number of carbonyl (C=O) groups excluding carboxylic acids is 1. The van der Waals surface area contributed by atoms with Crippen molar-refractivity contribution in [1.82, 2.24) is 0 Å². The van der Waals surface area contributed by atoms with Crippen LogP contribution in [0.5, 0.6) is 0 Å². The lowest BCUT2D eigenvalue weighted by Gasteiger charge is -2.44. The highest BCUT2D eigenvalue weighted by Crippen LogP contribution is 2.36. The highest BCUT2D eigenvalue weighted by atomic mass is 16.8. The van der Waals surface area contributed by atoms with E-state index in [0.717, 1.165) is 5.56 Å². The first-order chi connectivity index (χ1) is 12.0. The van der Waals surface area contributed by atoms with Gasteiger partial charge >= 0.3 is 5.97 Å². The van der Waals surface area contributed by atoms with Crippen LogP contribution in [0.1, 0.15) is 18.8 Å². The molecule has 9 nitrogen and oxygen atoms in total. The molecule has 1 aromatic rings. The van der Waals surface area contributed by atoms with Crippen molar-refractivity contribution in [3.63, 3.8) is 0 Å². The smallest absolute Gasteiger partial charge is 0.303 e. The molecule has 1 unspecified atom stereocenters. The summed E-state index contributed by atoms with van der Waals surface area (Å²) in [7, 11) is 1.33. The zero-order chi connectivity index (χ0) is 18.0. The quantitative estimate of drug-likeness (QED) is 0.449. The maximum atomic E-state index is 11.7. The number of nitrogens with zero attached hydrogens (tertiary/aromatic N) is 1. The Hall–Kier alpha value is -2.07. The molecule has 1 aromatic carbocycles. The number of hydrogen-bond donors (Lipinski definition) is 0. The first-order valence-electron chi connectivity index (χ1n) is 7.82. The fourth-order valence-electron chi connectivity index (χ4n) is 3.09. The summed E-state index contributed by atoms with van der Waals surface area (Å²) in [5, 5.41) is 11.7. The molecule has 136 valence electrons. The molecule has 0 bridgehead atoms. The number of carbonyl (C=O) groups is 1. The summed E-state index contributed by atoms with van der Waals surface area (Å²) in [6, 6.07) is 7.76. The number of ether oxygens (including phenoxy) is 5. The Kier molecular flexibility index (Phi) is 5.28. The molecule has 0 aliphatic carbocycles. The summed E-state index contributed by atoms with van der Waals surface area (Å²) < 4.78 is 27.4. The van der Waals surface area contributed by atoms with E-state index in [0.29, 0.717) is 0 Å². The zero-order valence-corrected chi connectivity index (χ0v) is 13.8. The molecule has 0 amide bonds. The van der Waals surface area contributed by atoms with Crippen molar-refractivity contribution < 1.29 is 33.4 Å². The van der Waals surface area contributed by atoms with E-state index in [9.17, 15) is 14.9 Å². The van der Waals surface area contributed by atoms with Crippen molar-refractivity contribution in [3.8, 4) is 0 Å². The lowest BCUT2D eigenvalue weighted by atomic mass is 9.95. The molecule has 6 atom stereocenters.